The van der Waals surface area contributed by atoms with Crippen LogP contribution in [-0.2, 0) is 57.0 Å². The zero-order chi connectivity index (χ0) is 44.3. The van der Waals surface area contributed by atoms with E-state index in [4.69, 9.17) is 47.4 Å². The van der Waals surface area contributed by atoms with E-state index in [2.05, 4.69) is 10.6 Å². The van der Waals surface area contributed by atoms with E-state index in [9.17, 15) is 70.9 Å². The van der Waals surface area contributed by atoms with Crippen LogP contribution < -0.4 is 10.6 Å². The number of aliphatic hydroxyl groups is 12. The standard InChI is InChI=1S/C34H60N2O24/c1-13(41)35-19-23(45)29(59-33-27(49)25(47)21(43)15(9-37)55-33)17(11-39)57-31(19)53-7-5-51-3-4-52-6-8-54-32-20(36-14(2)42)24(46)30(18(12-40)58-32)60-34-28(50)26(48)22(44)16(10-38)56-34/h15-34,37-40,43-50H,3-12H2,1-2H3,(H,35,41)(H,36,42)/t15-,16-,17-,18-,19+,20+,21+,22+,23-,24-,25+,26+,27-,28-,29-,30-,31-,32-,33+,34+/m1/s1. The SMILES string of the molecule is CC(=O)N[C@@H]1[C@H](OCCOCCOCCO[C@@H]2O[C@H](CO)[C@@H](O[C@@H]3O[C@H](CO)[C@H](O)[C@H](O)[C@H]3O)[C@H](O)[C@@H]2NC(C)=O)O[C@H](CO)[C@@H](O[C@@H]2O[C@H](CO)[C@H](O)[C@H](O)[C@H]2O)[C@@H]1O. The first-order chi connectivity index (χ1) is 28.6. The van der Waals surface area contributed by atoms with Gasteiger partial charge in [0.1, 0.15) is 97.5 Å². The second-order valence-electron chi connectivity index (χ2n) is 14.4. The minimum absolute atomic E-state index is 0.0295. The molecule has 0 unspecified atom stereocenters. The first-order valence-electron chi connectivity index (χ1n) is 19.3. The molecule has 0 aromatic heterocycles. The molecule has 0 aromatic rings. The molecule has 4 aliphatic rings. The maximum Gasteiger partial charge on any atom is 0.217 e. The Morgan fingerprint density at radius 2 is 0.750 bits per heavy atom. The summed E-state index contributed by atoms with van der Waals surface area (Å²) in [6, 6.07) is -2.53. The highest BCUT2D eigenvalue weighted by molar-refractivity contribution is 5.73. The van der Waals surface area contributed by atoms with E-state index in [1.54, 1.807) is 0 Å². The highest BCUT2D eigenvalue weighted by Crippen LogP contribution is 2.31. The zero-order valence-electron chi connectivity index (χ0n) is 32.9. The Hall–Kier alpha value is -1.94. The van der Waals surface area contributed by atoms with Crippen LogP contribution in [0, 0.1) is 0 Å². The lowest BCUT2D eigenvalue weighted by Crippen LogP contribution is -2.67. The highest BCUT2D eigenvalue weighted by atomic mass is 16.8. The largest absolute Gasteiger partial charge is 0.394 e. The van der Waals surface area contributed by atoms with Crippen LogP contribution in [0.3, 0.4) is 0 Å². The highest BCUT2D eigenvalue weighted by Gasteiger charge is 2.53. The quantitative estimate of drug-likeness (QED) is 0.0476. The number of nitrogens with one attached hydrogen (secondary N) is 2. The van der Waals surface area contributed by atoms with Crippen molar-refractivity contribution < 1.29 is 118 Å². The van der Waals surface area contributed by atoms with Gasteiger partial charge in [-0.3, -0.25) is 9.59 Å². The molecular formula is C34H60N2O24. The van der Waals surface area contributed by atoms with Gasteiger partial charge in [0, 0.05) is 13.8 Å². The Morgan fingerprint density at radius 1 is 0.433 bits per heavy atom. The van der Waals surface area contributed by atoms with Crippen LogP contribution in [0.1, 0.15) is 13.8 Å². The molecule has 0 radical (unpaired) electrons. The smallest absolute Gasteiger partial charge is 0.217 e. The van der Waals surface area contributed by atoms with Crippen LogP contribution in [0.4, 0.5) is 0 Å². The molecule has 0 aromatic carbocycles. The summed E-state index contributed by atoms with van der Waals surface area (Å²) in [6.45, 7) is -0.806. The van der Waals surface area contributed by atoms with Gasteiger partial charge >= 0.3 is 0 Å². The van der Waals surface area contributed by atoms with Gasteiger partial charge in [-0.05, 0) is 0 Å². The van der Waals surface area contributed by atoms with E-state index >= 15 is 0 Å². The van der Waals surface area contributed by atoms with Crippen LogP contribution >= 0.6 is 0 Å². The second kappa shape index (κ2) is 24.2. The third-order valence-corrected chi connectivity index (χ3v) is 10.1. The predicted molar refractivity (Wildman–Crippen MR) is 190 cm³/mol. The third-order valence-electron chi connectivity index (χ3n) is 10.1. The average Bonchev–Trinajstić information content (AvgIpc) is 3.22. The van der Waals surface area contributed by atoms with Gasteiger partial charge in [0.2, 0.25) is 11.8 Å². The van der Waals surface area contributed by atoms with Crippen molar-refractivity contribution in [2.75, 3.05) is 66.1 Å². The molecule has 0 bridgehead atoms. The van der Waals surface area contributed by atoms with Crippen molar-refractivity contribution in [2.24, 2.45) is 0 Å². The lowest BCUT2D eigenvalue weighted by Gasteiger charge is -2.47. The third kappa shape index (κ3) is 12.8. The Bertz CT molecular complexity index is 1200. The number of rotatable bonds is 21. The monoisotopic (exact) mass is 880 g/mol. The van der Waals surface area contributed by atoms with E-state index < -0.39 is 161 Å². The zero-order valence-corrected chi connectivity index (χ0v) is 32.9. The molecule has 60 heavy (non-hydrogen) atoms. The summed E-state index contributed by atoms with van der Waals surface area (Å²) in [4.78, 5) is 24.0. The van der Waals surface area contributed by atoms with Crippen LogP contribution in [0.15, 0.2) is 0 Å². The number of amides is 2. The van der Waals surface area contributed by atoms with Crippen LogP contribution in [0.25, 0.3) is 0 Å². The second-order valence-corrected chi connectivity index (χ2v) is 14.4. The molecule has 4 heterocycles. The van der Waals surface area contributed by atoms with Crippen LogP contribution in [0.2, 0.25) is 0 Å². The Kier molecular flexibility index (Phi) is 20.5. The first kappa shape index (κ1) is 50.7. The molecule has 26 nitrogen and oxygen atoms in total. The van der Waals surface area contributed by atoms with Crippen LogP contribution in [-0.4, -0.2) is 262 Å². The topological polar surface area (TPSA) is 393 Å². The summed E-state index contributed by atoms with van der Waals surface area (Å²) in [5, 5.41) is 127. The molecule has 4 rings (SSSR count). The van der Waals surface area contributed by atoms with E-state index in [1.165, 1.54) is 13.8 Å². The molecule has 2 amide bonds. The van der Waals surface area contributed by atoms with Gasteiger partial charge < -0.3 is 119 Å². The fraction of sp³-hybridized carbons (Fsp3) is 0.941. The van der Waals surface area contributed by atoms with Gasteiger partial charge in [-0.15, -0.1) is 0 Å². The Balaban J connectivity index is 1.20. The Labute approximate surface area is 343 Å². The number of carbonyl (C=O) groups is 2. The molecule has 14 N–H and O–H groups in total. The fourth-order valence-electron chi connectivity index (χ4n) is 6.97. The number of carbonyl (C=O) groups excluding carboxylic acids is 2. The summed E-state index contributed by atoms with van der Waals surface area (Å²) >= 11 is 0. The molecular weight excluding hydrogens is 820 g/mol. The predicted octanol–water partition coefficient (Wildman–Crippen LogP) is -9.41. The lowest BCUT2D eigenvalue weighted by molar-refractivity contribution is -0.348. The number of ether oxygens (including phenoxy) is 10. The molecule has 0 spiro atoms. The fourth-order valence-corrected chi connectivity index (χ4v) is 6.97. The van der Waals surface area contributed by atoms with Crippen molar-refractivity contribution in [3.63, 3.8) is 0 Å². The van der Waals surface area contributed by atoms with E-state index in [0.29, 0.717) is 0 Å². The van der Waals surface area contributed by atoms with Gasteiger partial charge in [0.05, 0.1) is 66.1 Å². The molecule has 20 atom stereocenters. The summed E-state index contributed by atoms with van der Waals surface area (Å²) < 4.78 is 55.9. The molecule has 4 saturated heterocycles. The molecule has 4 aliphatic heterocycles. The summed E-state index contributed by atoms with van der Waals surface area (Å²) in [5.74, 6) is -1.17. The van der Waals surface area contributed by atoms with Gasteiger partial charge in [-0.2, -0.15) is 0 Å². The average molecular weight is 881 g/mol. The molecule has 0 aliphatic carbocycles. The minimum Gasteiger partial charge on any atom is -0.394 e. The maximum atomic E-state index is 12.0. The number of hydrogen-bond donors (Lipinski definition) is 14. The van der Waals surface area contributed by atoms with Gasteiger partial charge in [-0.1, -0.05) is 0 Å². The molecule has 26 heteroatoms. The van der Waals surface area contributed by atoms with E-state index in [-0.39, 0.29) is 39.6 Å². The van der Waals surface area contributed by atoms with Gasteiger partial charge in [0.25, 0.3) is 0 Å². The lowest BCUT2D eigenvalue weighted by atomic mass is 9.95. The van der Waals surface area contributed by atoms with E-state index in [0.717, 1.165) is 0 Å². The summed E-state index contributed by atoms with van der Waals surface area (Å²) in [7, 11) is 0. The minimum atomic E-state index is -1.81. The van der Waals surface area contributed by atoms with Crippen LogP contribution in [0.5, 0.6) is 0 Å². The van der Waals surface area contributed by atoms with Crippen molar-refractivity contribution in [2.45, 2.75) is 137 Å². The molecule has 350 valence electrons. The summed E-state index contributed by atoms with van der Waals surface area (Å²) in [6.07, 6.45) is -27.9. The molecule has 4 fully saturated rings. The van der Waals surface area contributed by atoms with Crippen molar-refractivity contribution in [3.8, 4) is 0 Å². The van der Waals surface area contributed by atoms with Crippen molar-refractivity contribution in [1.29, 1.82) is 0 Å². The number of hydrogen-bond acceptors (Lipinski definition) is 24. The van der Waals surface area contributed by atoms with Crippen molar-refractivity contribution in [1.82, 2.24) is 10.6 Å². The number of aliphatic hydroxyl groups excluding tert-OH is 12. The van der Waals surface area contributed by atoms with Gasteiger partial charge in [-0.25, -0.2) is 0 Å². The maximum absolute atomic E-state index is 12.0. The van der Waals surface area contributed by atoms with Crippen molar-refractivity contribution in [3.05, 3.63) is 0 Å². The van der Waals surface area contributed by atoms with Gasteiger partial charge in [0.15, 0.2) is 25.2 Å². The van der Waals surface area contributed by atoms with E-state index in [1.807, 2.05) is 0 Å². The summed E-state index contributed by atoms with van der Waals surface area (Å²) in [5.41, 5.74) is 0. The molecule has 0 saturated carbocycles. The van der Waals surface area contributed by atoms with Crippen molar-refractivity contribution >= 4 is 11.8 Å². The normalized spacial score (nSPS) is 42.4. The Morgan fingerprint density at radius 3 is 1.07 bits per heavy atom. The first-order valence-corrected chi connectivity index (χ1v) is 19.3.